The highest BCUT2D eigenvalue weighted by Crippen LogP contribution is 2.40. The van der Waals surface area contributed by atoms with Crippen molar-refractivity contribution in [1.82, 2.24) is 10.2 Å². The summed E-state index contributed by atoms with van der Waals surface area (Å²) < 4.78 is 7.35. The summed E-state index contributed by atoms with van der Waals surface area (Å²) in [5.41, 5.74) is 1.28. The maximum atomic E-state index is 6.00. The van der Waals surface area contributed by atoms with Crippen LogP contribution in [0, 0.1) is 0 Å². The topological polar surface area (TPSA) is 24.5 Å². The maximum absolute atomic E-state index is 6.00. The molecule has 0 radical (unpaired) electrons. The fourth-order valence-electron chi connectivity index (χ4n) is 3.79. The van der Waals surface area contributed by atoms with Crippen LogP contribution in [0.5, 0.6) is 5.75 Å². The molecule has 1 unspecified atom stereocenters. The molecule has 0 amide bonds. The minimum Gasteiger partial charge on any atom is -0.494 e. The molecule has 136 valence electrons. The van der Waals surface area contributed by atoms with Crippen LogP contribution in [0.15, 0.2) is 54.6 Å². The van der Waals surface area contributed by atoms with E-state index in [2.05, 4.69) is 71.7 Å². The standard InChI is InChI=1S/C22H26N2OS/c1-2-25-19-10-5-4-9-18(19)22(24-14-7-12-23-13-15-24)21-16-17-8-3-6-11-20(17)26-21/h3-6,8-11,16,22-23H,2,7,12-15H2,1H3. The average Bonchev–Trinajstić information content (AvgIpc) is 2.91. The van der Waals surface area contributed by atoms with Gasteiger partial charge in [0.1, 0.15) is 5.75 Å². The fourth-order valence-corrected chi connectivity index (χ4v) is 5.00. The Bertz CT molecular complexity index is 819. The molecule has 0 aliphatic carbocycles. The number of nitrogens with one attached hydrogen (secondary N) is 1. The molecule has 0 saturated carbocycles. The lowest BCUT2D eigenvalue weighted by Gasteiger charge is -2.31. The van der Waals surface area contributed by atoms with Gasteiger partial charge in [-0.3, -0.25) is 4.90 Å². The summed E-state index contributed by atoms with van der Waals surface area (Å²) >= 11 is 1.91. The lowest BCUT2D eigenvalue weighted by molar-refractivity contribution is 0.236. The molecule has 4 rings (SSSR count). The van der Waals surface area contributed by atoms with Crippen LogP contribution >= 0.6 is 11.3 Å². The second-order valence-electron chi connectivity index (χ2n) is 6.70. The number of para-hydroxylation sites is 1. The summed E-state index contributed by atoms with van der Waals surface area (Å²) in [4.78, 5) is 4.02. The molecular formula is C22H26N2OS. The number of hydrogen-bond donors (Lipinski definition) is 1. The quantitative estimate of drug-likeness (QED) is 0.709. The van der Waals surface area contributed by atoms with E-state index in [-0.39, 0.29) is 6.04 Å². The molecule has 1 aliphatic heterocycles. The Morgan fingerprint density at radius 3 is 2.81 bits per heavy atom. The van der Waals surface area contributed by atoms with Crippen molar-refractivity contribution in [3.05, 3.63) is 65.0 Å². The van der Waals surface area contributed by atoms with E-state index in [0.29, 0.717) is 6.61 Å². The van der Waals surface area contributed by atoms with Gasteiger partial charge in [-0.1, -0.05) is 36.4 Å². The van der Waals surface area contributed by atoms with Crippen LogP contribution in [0.4, 0.5) is 0 Å². The van der Waals surface area contributed by atoms with Crippen LogP contribution in [0.25, 0.3) is 10.1 Å². The molecule has 2 aromatic carbocycles. The summed E-state index contributed by atoms with van der Waals surface area (Å²) in [5.74, 6) is 1.01. The Labute approximate surface area is 159 Å². The first-order chi connectivity index (χ1) is 12.9. The molecule has 1 saturated heterocycles. The van der Waals surface area contributed by atoms with Gasteiger partial charge in [0.15, 0.2) is 0 Å². The van der Waals surface area contributed by atoms with Gasteiger partial charge < -0.3 is 10.1 Å². The number of nitrogens with zero attached hydrogens (tertiary/aromatic N) is 1. The van der Waals surface area contributed by atoms with E-state index in [9.17, 15) is 0 Å². The highest BCUT2D eigenvalue weighted by molar-refractivity contribution is 7.19. The van der Waals surface area contributed by atoms with E-state index in [1.165, 1.54) is 26.9 Å². The van der Waals surface area contributed by atoms with Gasteiger partial charge in [0.25, 0.3) is 0 Å². The Morgan fingerprint density at radius 2 is 1.92 bits per heavy atom. The Balaban J connectivity index is 1.81. The Kier molecular flexibility index (Phi) is 5.54. The molecule has 1 N–H and O–H groups in total. The van der Waals surface area contributed by atoms with Crippen LogP contribution in [0.2, 0.25) is 0 Å². The Hall–Kier alpha value is -1.88. The minimum atomic E-state index is 0.245. The van der Waals surface area contributed by atoms with Gasteiger partial charge in [0.05, 0.1) is 12.6 Å². The minimum absolute atomic E-state index is 0.245. The van der Waals surface area contributed by atoms with E-state index < -0.39 is 0 Å². The SMILES string of the molecule is CCOc1ccccc1C(c1cc2ccccc2s1)N1CCCNCC1. The van der Waals surface area contributed by atoms with E-state index >= 15 is 0 Å². The number of benzene rings is 2. The molecule has 1 aliphatic rings. The molecule has 2 heterocycles. The lowest BCUT2D eigenvalue weighted by Crippen LogP contribution is -2.32. The lowest BCUT2D eigenvalue weighted by atomic mass is 10.0. The van der Waals surface area contributed by atoms with Crippen molar-refractivity contribution in [2.24, 2.45) is 0 Å². The normalized spacial score (nSPS) is 17.1. The summed E-state index contributed by atoms with van der Waals surface area (Å²) in [6.07, 6.45) is 1.18. The summed E-state index contributed by atoms with van der Waals surface area (Å²) in [6, 6.07) is 19.8. The van der Waals surface area contributed by atoms with Crippen LogP contribution in [-0.2, 0) is 0 Å². The van der Waals surface area contributed by atoms with Crippen molar-refractivity contribution in [2.75, 3.05) is 32.8 Å². The number of rotatable bonds is 5. The molecule has 1 fully saturated rings. The highest BCUT2D eigenvalue weighted by atomic mass is 32.1. The first-order valence-corrected chi connectivity index (χ1v) is 10.3. The molecule has 4 heteroatoms. The fraction of sp³-hybridized carbons (Fsp3) is 0.364. The van der Waals surface area contributed by atoms with Crippen molar-refractivity contribution in [3.8, 4) is 5.75 Å². The van der Waals surface area contributed by atoms with Crippen molar-refractivity contribution in [1.29, 1.82) is 0 Å². The van der Waals surface area contributed by atoms with Gasteiger partial charge in [0, 0.05) is 34.8 Å². The number of ether oxygens (including phenoxy) is 1. The largest absolute Gasteiger partial charge is 0.494 e. The van der Waals surface area contributed by atoms with E-state index in [0.717, 1.165) is 31.9 Å². The Morgan fingerprint density at radius 1 is 1.08 bits per heavy atom. The maximum Gasteiger partial charge on any atom is 0.124 e. The zero-order valence-electron chi connectivity index (χ0n) is 15.3. The second kappa shape index (κ2) is 8.21. The molecule has 3 aromatic rings. The molecular weight excluding hydrogens is 340 g/mol. The van der Waals surface area contributed by atoms with Crippen LogP contribution in [-0.4, -0.2) is 37.7 Å². The van der Waals surface area contributed by atoms with Crippen molar-refractivity contribution in [2.45, 2.75) is 19.4 Å². The monoisotopic (exact) mass is 366 g/mol. The third-order valence-electron chi connectivity index (χ3n) is 4.97. The third kappa shape index (κ3) is 3.63. The number of hydrogen-bond acceptors (Lipinski definition) is 4. The predicted molar refractivity (Wildman–Crippen MR) is 110 cm³/mol. The van der Waals surface area contributed by atoms with Gasteiger partial charge >= 0.3 is 0 Å². The molecule has 0 spiro atoms. The molecule has 0 bridgehead atoms. The van der Waals surface area contributed by atoms with Gasteiger partial charge in [-0.05, 0) is 43.5 Å². The third-order valence-corrected chi connectivity index (χ3v) is 6.14. The number of fused-ring (bicyclic) bond motifs is 1. The van der Waals surface area contributed by atoms with Crippen molar-refractivity contribution >= 4 is 21.4 Å². The first-order valence-electron chi connectivity index (χ1n) is 9.52. The average molecular weight is 367 g/mol. The van der Waals surface area contributed by atoms with Gasteiger partial charge in [-0.2, -0.15) is 0 Å². The van der Waals surface area contributed by atoms with Gasteiger partial charge in [0.2, 0.25) is 0 Å². The zero-order valence-corrected chi connectivity index (χ0v) is 16.1. The highest BCUT2D eigenvalue weighted by Gasteiger charge is 2.27. The second-order valence-corrected chi connectivity index (χ2v) is 7.81. The molecule has 3 nitrogen and oxygen atoms in total. The first kappa shape index (κ1) is 17.5. The summed E-state index contributed by atoms with van der Waals surface area (Å²) in [6.45, 7) is 7.05. The molecule has 26 heavy (non-hydrogen) atoms. The van der Waals surface area contributed by atoms with E-state index in [4.69, 9.17) is 4.74 Å². The van der Waals surface area contributed by atoms with Crippen molar-refractivity contribution < 1.29 is 4.74 Å². The van der Waals surface area contributed by atoms with E-state index in [1.54, 1.807) is 0 Å². The van der Waals surface area contributed by atoms with Crippen LogP contribution < -0.4 is 10.1 Å². The van der Waals surface area contributed by atoms with Crippen molar-refractivity contribution in [3.63, 3.8) is 0 Å². The van der Waals surface area contributed by atoms with Crippen LogP contribution in [0.3, 0.4) is 0 Å². The molecule has 1 atom stereocenters. The van der Waals surface area contributed by atoms with Crippen LogP contribution in [0.1, 0.15) is 29.8 Å². The molecule has 1 aromatic heterocycles. The van der Waals surface area contributed by atoms with Gasteiger partial charge in [-0.15, -0.1) is 11.3 Å². The smallest absolute Gasteiger partial charge is 0.124 e. The zero-order chi connectivity index (χ0) is 17.8. The summed E-state index contributed by atoms with van der Waals surface area (Å²) in [7, 11) is 0. The summed E-state index contributed by atoms with van der Waals surface area (Å²) in [5, 5.41) is 4.86. The van der Waals surface area contributed by atoms with Gasteiger partial charge in [-0.25, -0.2) is 0 Å². The number of thiophene rings is 1. The predicted octanol–water partition coefficient (Wildman–Crippen LogP) is 4.68. The van der Waals surface area contributed by atoms with E-state index in [1.807, 2.05) is 11.3 Å².